The van der Waals surface area contributed by atoms with E-state index in [9.17, 15) is 4.79 Å². The average Bonchev–Trinajstić information content (AvgIpc) is 1.85. The third kappa shape index (κ3) is 2.36. The van der Waals surface area contributed by atoms with E-state index in [2.05, 4.69) is 4.74 Å². The Bertz CT molecular complexity index is 213. The lowest BCUT2D eigenvalue weighted by Gasteiger charge is -1.98. The molecule has 1 atom stereocenters. The first-order chi connectivity index (χ1) is 5.25. The smallest absolute Gasteiger partial charge is 0.339 e. The highest BCUT2D eigenvalue weighted by atomic mass is 16.5. The molecule has 1 N–H and O–H groups in total. The van der Waals surface area contributed by atoms with Gasteiger partial charge in [0, 0.05) is 0 Å². The Labute approximate surface area is 53.2 Å². The summed E-state index contributed by atoms with van der Waals surface area (Å²) < 4.78 is 30.4. The fourth-order valence-corrected chi connectivity index (χ4v) is 0.120. The second-order valence-electron chi connectivity index (χ2n) is 1.08. The molecule has 0 fully saturated rings. The average molecular weight is 120 g/mol. The van der Waals surface area contributed by atoms with Gasteiger partial charge in [-0.3, -0.25) is 0 Å². The molecule has 0 saturated carbocycles. The summed E-state index contributed by atoms with van der Waals surface area (Å²) in [5.41, 5.74) is 0. The number of esters is 1. The SMILES string of the molecule is [2H]C([2H])=C([2H])OC(=O)[C@]([2H])(C)O. The number of rotatable bonds is 2. The quantitative estimate of drug-likeness (QED) is 0.414. The van der Waals surface area contributed by atoms with Crippen LogP contribution in [0.1, 0.15) is 12.4 Å². The monoisotopic (exact) mass is 120 g/mol. The lowest BCUT2D eigenvalue weighted by Crippen LogP contribution is -2.16. The van der Waals surface area contributed by atoms with Crippen molar-refractivity contribution in [2.24, 2.45) is 0 Å². The normalized spacial score (nSPS) is 22.8. The van der Waals surface area contributed by atoms with E-state index in [4.69, 9.17) is 10.6 Å². The van der Waals surface area contributed by atoms with Crippen LogP contribution in [-0.4, -0.2) is 17.2 Å². The van der Waals surface area contributed by atoms with Crippen molar-refractivity contribution in [2.75, 3.05) is 0 Å². The summed E-state index contributed by atoms with van der Waals surface area (Å²) >= 11 is 0. The third-order valence-corrected chi connectivity index (χ3v) is 0.439. The molecular formula is C5H8O3. The van der Waals surface area contributed by atoms with Crippen molar-refractivity contribution in [1.82, 2.24) is 0 Å². The zero-order chi connectivity index (χ0) is 9.94. The first kappa shape index (κ1) is 2.64. The predicted molar refractivity (Wildman–Crippen MR) is 28.0 cm³/mol. The van der Waals surface area contributed by atoms with Crippen LogP contribution in [0.15, 0.2) is 12.8 Å². The van der Waals surface area contributed by atoms with E-state index in [1.807, 2.05) is 0 Å². The Balaban J connectivity index is 4.32. The second-order valence-corrected chi connectivity index (χ2v) is 1.08. The van der Waals surface area contributed by atoms with E-state index in [1.165, 1.54) is 0 Å². The molecule has 0 heterocycles. The maximum atomic E-state index is 10.6. The van der Waals surface area contributed by atoms with Gasteiger partial charge in [-0.15, -0.1) is 0 Å². The van der Waals surface area contributed by atoms with Gasteiger partial charge < -0.3 is 9.84 Å². The van der Waals surface area contributed by atoms with Crippen molar-refractivity contribution in [1.29, 1.82) is 0 Å². The number of carbonyl (C=O) groups excluding carboxylic acids is 1. The standard InChI is InChI=1S/C5H8O3/c1-3-8-5(7)4(2)6/h3-4,6H,1H2,2H3/t4-/m0/s1/i1D2,3D,4D. The van der Waals surface area contributed by atoms with E-state index in [0.29, 0.717) is 0 Å². The van der Waals surface area contributed by atoms with Gasteiger partial charge in [-0.2, -0.15) is 0 Å². The molecule has 8 heavy (non-hydrogen) atoms. The Morgan fingerprint density at radius 2 is 3.12 bits per heavy atom. The van der Waals surface area contributed by atoms with Gasteiger partial charge in [0.25, 0.3) is 0 Å². The molecule has 3 nitrogen and oxygen atoms in total. The van der Waals surface area contributed by atoms with Gasteiger partial charge in [-0.25, -0.2) is 4.79 Å². The molecule has 0 amide bonds. The van der Waals surface area contributed by atoms with Gasteiger partial charge in [-0.1, -0.05) is 6.53 Å². The van der Waals surface area contributed by atoms with Crippen molar-refractivity contribution < 1.29 is 20.1 Å². The molecule has 0 aromatic rings. The highest BCUT2D eigenvalue weighted by Crippen LogP contribution is 1.84. The van der Waals surface area contributed by atoms with Crippen molar-refractivity contribution in [3.05, 3.63) is 12.8 Å². The summed E-state index contributed by atoms with van der Waals surface area (Å²) in [6, 6.07) is 0. The highest BCUT2D eigenvalue weighted by molar-refractivity contribution is 5.74. The van der Waals surface area contributed by atoms with Crippen LogP contribution in [0, 0.1) is 0 Å². The van der Waals surface area contributed by atoms with Crippen molar-refractivity contribution in [3.63, 3.8) is 0 Å². The molecule has 0 spiro atoms. The topological polar surface area (TPSA) is 46.5 Å². The van der Waals surface area contributed by atoms with Crippen molar-refractivity contribution in [2.45, 2.75) is 13.0 Å². The van der Waals surface area contributed by atoms with Gasteiger partial charge in [-0.05, 0) is 6.92 Å². The summed E-state index contributed by atoms with van der Waals surface area (Å²) in [6.45, 7) is -0.136. The van der Waals surface area contributed by atoms with Gasteiger partial charge in [0.1, 0.15) is 7.45 Å². The van der Waals surface area contributed by atoms with Crippen molar-refractivity contribution >= 4 is 5.97 Å². The van der Waals surface area contributed by atoms with E-state index in [0.717, 1.165) is 6.92 Å². The number of ether oxygens (including phenoxy) is 1. The van der Waals surface area contributed by atoms with Crippen molar-refractivity contribution in [3.8, 4) is 0 Å². The minimum Gasteiger partial charge on any atom is -0.433 e. The van der Waals surface area contributed by atoms with Crippen LogP contribution >= 0.6 is 0 Å². The maximum Gasteiger partial charge on any atom is 0.339 e. The lowest BCUT2D eigenvalue weighted by atomic mass is 10.4. The van der Waals surface area contributed by atoms with Gasteiger partial charge in [0.2, 0.25) is 0 Å². The number of hydrogen-bond acceptors (Lipinski definition) is 3. The summed E-state index contributed by atoms with van der Waals surface area (Å²) in [6.07, 6.45) is -3.45. The molecule has 0 aromatic carbocycles. The molecule has 0 aliphatic rings. The fourth-order valence-electron chi connectivity index (χ4n) is 0.120. The second kappa shape index (κ2) is 3.21. The van der Waals surface area contributed by atoms with E-state index in [1.54, 1.807) is 0 Å². The molecule has 0 aliphatic carbocycles. The number of hydrogen-bond donors (Lipinski definition) is 1. The van der Waals surface area contributed by atoms with Crippen LogP contribution in [0.4, 0.5) is 0 Å². The third-order valence-electron chi connectivity index (χ3n) is 0.439. The first-order valence-corrected chi connectivity index (χ1v) is 1.84. The minimum atomic E-state index is -2.46. The molecule has 0 aliphatic heterocycles. The Kier molecular flexibility index (Phi) is 1.06. The molecule has 0 unspecified atom stereocenters. The lowest BCUT2D eigenvalue weighted by molar-refractivity contribution is -0.146. The van der Waals surface area contributed by atoms with Crippen LogP contribution in [0.3, 0.4) is 0 Å². The van der Waals surface area contributed by atoms with Crippen LogP contribution in [0.5, 0.6) is 0 Å². The fraction of sp³-hybridized carbons (Fsp3) is 0.400. The van der Waals surface area contributed by atoms with E-state index in [-0.39, 0.29) is 0 Å². The molecule has 0 bridgehead atoms. The summed E-state index contributed by atoms with van der Waals surface area (Å²) in [4.78, 5) is 10.6. The summed E-state index contributed by atoms with van der Waals surface area (Å²) in [5, 5.41) is 8.68. The zero-order valence-corrected chi connectivity index (χ0v) is 4.26. The Morgan fingerprint density at radius 1 is 2.50 bits per heavy atom. The largest absolute Gasteiger partial charge is 0.433 e. The van der Waals surface area contributed by atoms with Crippen LogP contribution in [0.25, 0.3) is 0 Å². The number of carbonyl (C=O) groups is 1. The van der Waals surface area contributed by atoms with Gasteiger partial charge in [0.05, 0.1) is 10.4 Å². The molecular weight excluding hydrogens is 108 g/mol. The molecule has 0 saturated heterocycles. The predicted octanol–water partition coefficient (Wildman–Crippen LogP) is 0.0539. The van der Waals surface area contributed by atoms with E-state index < -0.39 is 24.8 Å². The van der Waals surface area contributed by atoms with Crippen LogP contribution < -0.4 is 0 Å². The van der Waals surface area contributed by atoms with Crippen LogP contribution in [0.2, 0.25) is 0 Å². The Hall–Kier alpha value is -0.830. The maximum absolute atomic E-state index is 10.6. The van der Waals surface area contributed by atoms with Crippen LogP contribution in [-0.2, 0) is 9.53 Å². The molecule has 46 valence electrons. The van der Waals surface area contributed by atoms with Gasteiger partial charge in [0.15, 0.2) is 0 Å². The minimum absolute atomic E-state index is 0.857. The Morgan fingerprint density at radius 3 is 3.50 bits per heavy atom. The van der Waals surface area contributed by atoms with E-state index >= 15 is 0 Å². The molecule has 3 heteroatoms. The molecule has 0 radical (unpaired) electrons. The van der Waals surface area contributed by atoms with Gasteiger partial charge >= 0.3 is 5.97 Å². The first-order valence-electron chi connectivity index (χ1n) is 3.84. The summed E-state index contributed by atoms with van der Waals surface area (Å²) in [7, 11) is 0. The highest BCUT2D eigenvalue weighted by Gasteiger charge is 2.06. The number of aliphatic hydroxyl groups is 1. The zero-order valence-electron chi connectivity index (χ0n) is 8.26. The molecule has 0 aromatic heterocycles. The molecule has 0 rings (SSSR count). The summed E-state index contributed by atoms with van der Waals surface area (Å²) in [5.74, 6) is -1.38.